The normalized spacial score (nSPS) is 28.7. The zero-order chi connectivity index (χ0) is 21.6. The van der Waals surface area contributed by atoms with Crippen molar-refractivity contribution < 1.29 is 9.53 Å². The highest BCUT2D eigenvalue weighted by Gasteiger charge is 2.51. The maximum atomic E-state index is 12.8. The molecular weight excluding hydrogens is 408 g/mol. The quantitative estimate of drug-likeness (QED) is 0.654. The number of rotatable bonds is 7. The van der Waals surface area contributed by atoms with Gasteiger partial charge in [-0.1, -0.05) is 23.9 Å². The summed E-state index contributed by atoms with van der Waals surface area (Å²) < 4.78 is 7.89. The van der Waals surface area contributed by atoms with Gasteiger partial charge in [0.1, 0.15) is 12.4 Å². The van der Waals surface area contributed by atoms with E-state index in [4.69, 9.17) is 4.74 Å². The number of benzene rings is 1. The second-order valence-corrected chi connectivity index (χ2v) is 11.0. The molecular formula is C24H32N4O2S. The van der Waals surface area contributed by atoms with E-state index in [0.29, 0.717) is 12.4 Å². The summed E-state index contributed by atoms with van der Waals surface area (Å²) in [4.78, 5) is 12.8. The van der Waals surface area contributed by atoms with Gasteiger partial charge in [-0.25, -0.2) is 0 Å². The first kappa shape index (κ1) is 20.9. The van der Waals surface area contributed by atoms with E-state index in [0.717, 1.165) is 40.0 Å². The summed E-state index contributed by atoms with van der Waals surface area (Å²) in [6.45, 7) is 4.45. The average molecular weight is 441 g/mol. The Kier molecular flexibility index (Phi) is 5.49. The summed E-state index contributed by atoms with van der Waals surface area (Å²) >= 11 is 1.45. The molecule has 0 atom stereocenters. The molecule has 31 heavy (non-hydrogen) atoms. The molecule has 0 saturated heterocycles. The summed E-state index contributed by atoms with van der Waals surface area (Å²) in [5.41, 5.74) is 2.33. The Bertz CT molecular complexity index is 951. The van der Waals surface area contributed by atoms with E-state index in [9.17, 15) is 4.79 Å². The predicted octanol–water partition coefficient (Wildman–Crippen LogP) is 4.19. The lowest BCUT2D eigenvalue weighted by molar-refractivity contribution is -0.124. The van der Waals surface area contributed by atoms with Crippen molar-refractivity contribution in [1.82, 2.24) is 20.1 Å². The summed E-state index contributed by atoms with van der Waals surface area (Å²) in [5.74, 6) is 4.62. The SMILES string of the molecule is Cc1ccc(C)c(OCc2nnc(SCC(=O)NC34CC5CC(CC(C5)C3)C4)n2C)c1. The Balaban J connectivity index is 1.16. The molecule has 166 valence electrons. The number of ether oxygens (including phenoxy) is 1. The van der Waals surface area contributed by atoms with Gasteiger partial charge in [0, 0.05) is 12.6 Å². The van der Waals surface area contributed by atoms with E-state index in [2.05, 4.69) is 34.6 Å². The molecule has 0 spiro atoms. The van der Waals surface area contributed by atoms with Gasteiger partial charge in [-0.15, -0.1) is 10.2 Å². The van der Waals surface area contributed by atoms with Crippen LogP contribution in [0.15, 0.2) is 23.4 Å². The standard InChI is InChI=1S/C24H32N4O2S/c1-15-4-5-16(2)20(6-15)30-13-21-26-27-23(28(21)3)31-14-22(29)25-24-10-17-7-18(11-24)9-19(8-17)12-24/h4-6,17-19H,7-14H2,1-3H3,(H,25,29). The Hall–Kier alpha value is -2.02. The number of hydrogen-bond donors (Lipinski definition) is 1. The lowest BCUT2D eigenvalue weighted by Gasteiger charge is -2.56. The van der Waals surface area contributed by atoms with Crippen LogP contribution in [0.4, 0.5) is 0 Å². The van der Waals surface area contributed by atoms with Crippen LogP contribution in [0.25, 0.3) is 0 Å². The molecule has 0 aliphatic heterocycles. The van der Waals surface area contributed by atoms with Gasteiger partial charge >= 0.3 is 0 Å². The summed E-state index contributed by atoms with van der Waals surface area (Å²) in [6, 6.07) is 6.18. The van der Waals surface area contributed by atoms with Gasteiger partial charge < -0.3 is 14.6 Å². The van der Waals surface area contributed by atoms with E-state index in [1.165, 1.54) is 55.9 Å². The molecule has 1 amide bonds. The van der Waals surface area contributed by atoms with Crippen LogP contribution in [0.5, 0.6) is 5.75 Å². The van der Waals surface area contributed by atoms with Gasteiger partial charge in [-0.05, 0) is 87.3 Å². The number of nitrogens with zero attached hydrogens (tertiary/aromatic N) is 3. The fourth-order valence-corrected chi connectivity index (χ4v) is 7.06. The highest BCUT2D eigenvalue weighted by molar-refractivity contribution is 7.99. The van der Waals surface area contributed by atoms with Crippen LogP contribution < -0.4 is 10.1 Å². The summed E-state index contributed by atoms with van der Waals surface area (Å²) in [5, 5.41) is 12.7. The minimum Gasteiger partial charge on any atom is -0.485 e. The van der Waals surface area contributed by atoms with Crippen LogP contribution in [0.1, 0.15) is 55.5 Å². The molecule has 4 fully saturated rings. The van der Waals surface area contributed by atoms with E-state index >= 15 is 0 Å². The minimum absolute atomic E-state index is 0.0664. The Labute approximate surface area is 188 Å². The van der Waals surface area contributed by atoms with Crippen molar-refractivity contribution in [1.29, 1.82) is 0 Å². The van der Waals surface area contributed by atoms with Gasteiger partial charge in [0.25, 0.3) is 0 Å². The second kappa shape index (κ2) is 8.15. The number of thioether (sulfide) groups is 1. The maximum absolute atomic E-state index is 12.8. The first-order valence-electron chi connectivity index (χ1n) is 11.4. The van der Waals surface area contributed by atoms with Gasteiger partial charge in [0.2, 0.25) is 5.91 Å². The average Bonchev–Trinajstić information content (AvgIpc) is 3.05. The molecule has 4 aliphatic carbocycles. The van der Waals surface area contributed by atoms with Crippen molar-refractivity contribution >= 4 is 17.7 Å². The van der Waals surface area contributed by atoms with Crippen LogP contribution in [0.3, 0.4) is 0 Å². The molecule has 1 aromatic carbocycles. The fourth-order valence-electron chi connectivity index (χ4n) is 6.33. The molecule has 6 rings (SSSR count). The topological polar surface area (TPSA) is 69.0 Å². The van der Waals surface area contributed by atoms with Crippen molar-refractivity contribution in [3.8, 4) is 5.75 Å². The largest absolute Gasteiger partial charge is 0.485 e. The number of aryl methyl sites for hydroxylation is 2. The van der Waals surface area contributed by atoms with Gasteiger partial charge in [-0.2, -0.15) is 0 Å². The fraction of sp³-hybridized carbons (Fsp3) is 0.625. The number of nitrogens with one attached hydrogen (secondary N) is 1. The van der Waals surface area contributed by atoms with E-state index in [1.54, 1.807) is 0 Å². The van der Waals surface area contributed by atoms with Gasteiger partial charge in [0.05, 0.1) is 5.75 Å². The third kappa shape index (κ3) is 4.34. The van der Waals surface area contributed by atoms with Crippen LogP contribution in [-0.2, 0) is 18.4 Å². The van der Waals surface area contributed by atoms with E-state index in [1.807, 2.05) is 24.6 Å². The molecule has 1 aromatic heterocycles. The minimum atomic E-state index is 0.0664. The highest BCUT2D eigenvalue weighted by atomic mass is 32.2. The van der Waals surface area contributed by atoms with Crippen molar-refractivity contribution in [3.05, 3.63) is 35.2 Å². The van der Waals surface area contributed by atoms with Crippen molar-refractivity contribution in [2.45, 2.75) is 69.7 Å². The summed E-state index contributed by atoms with van der Waals surface area (Å²) in [6.07, 6.45) is 7.69. The molecule has 4 saturated carbocycles. The second-order valence-electron chi connectivity index (χ2n) is 10.1. The third-order valence-electron chi connectivity index (χ3n) is 7.40. The monoisotopic (exact) mass is 440 g/mol. The van der Waals surface area contributed by atoms with Crippen molar-refractivity contribution in [2.75, 3.05) is 5.75 Å². The lowest BCUT2D eigenvalue weighted by Crippen LogP contribution is -2.60. The molecule has 0 radical (unpaired) electrons. The third-order valence-corrected chi connectivity index (χ3v) is 8.42. The van der Waals surface area contributed by atoms with Crippen LogP contribution in [-0.4, -0.2) is 32.0 Å². The number of amides is 1. The maximum Gasteiger partial charge on any atom is 0.230 e. The molecule has 4 aliphatic rings. The van der Waals surface area contributed by atoms with E-state index < -0.39 is 0 Å². The van der Waals surface area contributed by atoms with Crippen LogP contribution >= 0.6 is 11.8 Å². The molecule has 7 heteroatoms. The van der Waals surface area contributed by atoms with Gasteiger partial charge in [0.15, 0.2) is 11.0 Å². The number of carbonyl (C=O) groups excluding carboxylic acids is 1. The molecule has 0 unspecified atom stereocenters. The van der Waals surface area contributed by atoms with Crippen molar-refractivity contribution in [3.63, 3.8) is 0 Å². The Morgan fingerprint density at radius 3 is 2.52 bits per heavy atom. The summed E-state index contributed by atoms with van der Waals surface area (Å²) in [7, 11) is 1.93. The van der Waals surface area contributed by atoms with Crippen molar-refractivity contribution in [2.24, 2.45) is 24.8 Å². The smallest absolute Gasteiger partial charge is 0.230 e. The number of hydrogen-bond acceptors (Lipinski definition) is 5. The van der Waals surface area contributed by atoms with Crippen LogP contribution in [0.2, 0.25) is 0 Å². The molecule has 4 bridgehead atoms. The Morgan fingerprint density at radius 2 is 1.84 bits per heavy atom. The zero-order valence-corrected chi connectivity index (χ0v) is 19.5. The van der Waals surface area contributed by atoms with E-state index in [-0.39, 0.29) is 11.4 Å². The molecule has 6 nitrogen and oxygen atoms in total. The Morgan fingerprint density at radius 1 is 1.16 bits per heavy atom. The lowest BCUT2D eigenvalue weighted by atomic mass is 9.53. The molecule has 2 aromatic rings. The zero-order valence-electron chi connectivity index (χ0n) is 18.7. The number of carbonyl (C=O) groups is 1. The first-order valence-corrected chi connectivity index (χ1v) is 12.4. The first-order chi connectivity index (χ1) is 14.9. The highest BCUT2D eigenvalue weighted by Crippen LogP contribution is 2.55. The van der Waals surface area contributed by atoms with Gasteiger partial charge in [-0.3, -0.25) is 4.79 Å². The molecule has 1 N–H and O–H groups in total. The van der Waals surface area contributed by atoms with Crippen LogP contribution in [0, 0.1) is 31.6 Å². The molecule has 1 heterocycles. The predicted molar refractivity (Wildman–Crippen MR) is 121 cm³/mol. The number of aromatic nitrogens is 3.